The molecule has 1 saturated heterocycles. The number of nitrogens with one attached hydrogen (secondary N) is 1. The first kappa shape index (κ1) is 18.2. The minimum Gasteiger partial charge on any atom is -0.465 e. The molecule has 4 rings (SSSR count). The molecule has 2 amide bonds. The molecule has 1 N–H and O–H groups in total. The van der Waals surface area contributed by atoms with Crippen LogP contribution >= 0.6 is 0 Å². The summed E-state index contributed by atoms with van der Waals surface area (Å²) in [6, 6.07) is 8.71. The second-order valence-electron chi connectivity index (χ2n) is 7.22. The van der Waals surface area contributed by atoms with E-state index in [1.54, 1.807) is 21.6 Å². The Labute approximate surface area is 160 Å². The van der Waals surface area contributed by atoms with E-state index in [4.69, 9.17) is 0 Å². The van der Waals surface area contributed by atoms with Crippen LogP contribution < -0.4 is 10.9 Å². The number of fused-ring (bicyclic) bond motifs is 4. The second kappa shape index (κ2) is 7.10. The van der Waals surface area contributed by atoms with E-state index < -0.39 is 11.8 Å². The van der Waals surface area contributed by atoms with Crippen LogP contribution in [0.25, 0.3) is 0 Å². The number of ether oxygens (including phenoxy) is 1. The van der Waals surface area contributed by atoms with Crippen LogP contribution in [-0.2, 0) is 11.3 Å². The van der Waals surface area contributed by atoms with Gasteiger partial charge in [0, 0.05) is 43.0 Å². The highest BCUT2D eigenvalue weighted by molar-refractivity contribution is 5.94. The highest BCUT2D eigenvalue weighted by Crippen LogP contribution is 2.35. The van der Waals surface area contributed by atoms with Crippen molar-refractivity contribution < 1.29 is 18.7 Å². The molecule has 7 nitrogen and oxygen atoms in total. The van der Waals surface area contributed by atoms with Crippen molar-refractivity contribution in [3.63, 3.8) is 0 Å². The summed E-state index contributed by atoms with van der Waals surface area (Å²) in [6.07, 6.45) is 0.941. The highest BCUT2D eigenvalue weighted by atomic mass is 19.1. The summed E-state index contributed by atoms with van der Waals surface area (Å²) in [6.45, 7) is 1.63. The van der Waals surface area contributed by atoms with Gasteiger partial charge in [-0.15, -0.1) is 0 Å². The Balaban J connectivity index is 1.51. The summed E-state index contributed by atoms with van der Waals surface area (Å²) in [4.78, 5) is 38.2. The van der Waals surface area contributed by atoms with Gasteiger partial charge in [-0.25, -0.2) is 14.0 Å². The molecule has 0 saturated carbocycles. The van der Waals surface area contributed by atoms with E-state index in [9.17, 15) is 18.8 Å². The van der Waals surface area contributed by atoms with Gasteiger partial charge in [-0.2, -0.15) is 0 Å². The first-order valence-electron chi connectivity index (χ1n) is 9.10. The standard InChI is InChI=1S/C20H20FN3O4/c1-28-19(26)15-8-14(5-6-16(15)21)22-20(27)23-9-12-7-13(11-23)17-3-2-4-18(25)24(17)10-12/h2-6,8,12-13H,7,9-11H2,1H3,(H,22,27)/t12-,13-/m1/s1. The summed E-state index contributed by atoms with van der Waals surface area (Å²) < 4.78 is 20.1. The average Bonchev–Trinajstić information content (AvgIpc) is 2.69. The van der Waals surface area contributed by atoms with Gasteiger partial charge in [0.05, 0.1) is 12.7 Å². The van der Waals surface area contributed by atoms with Gasteiger partial charge in [-0.1, -0.05) is 6.07 Å². The fraction of sp³-hybridized carbons (Fsp3) is 0.350. The van der Waals surface area contributed by atoms with Gasteiger partial charge in [0.1, 0.15) is 5.82 Å². The summed E-state index contributed by atoms with van der Waals surface area (Å²) in [7, 11) is 1.17. The number of urea groups is 1. The third-order valence-electron chi connectivity index (χ3n) is 5.39. The number of piperidine rings is 1. The van der Waals surface area contributed by atoms with E-state index in [1.165, 1.54) is 19.2 Å². The van der Waals surface area contributed by atoms with Crippen molar-refractivity contribution in [1.82, 2.24) is 9.47 Å². The molecule has 0 spiro atoms. The first-order valence-corrected chi connectivity index (χ1v) is 9.10. The number of anilines is 1. The number of aromatic nitrogens is 1. The topological polar surface area (TPSA) is 80.6 Å². The van der Waals surface area contributed by atoms with Crippen LogP contribution in [0.1, 0.15) is 28.4 Å². The SMILES string of the molecule is COC(=O)c1cc(NC(=O)N2C[C@H]3C[C@H](C2)c2cccc(=O)n2C3)ccc1F. The molecule has 1 aromatic carbocycles. The van der Waals surface area contributed by atoms with Crippen molar-refractivity contribution in [2.24, 2.45) is 5.92 Å². The van der Waals surface area contributed by atoms with Gasteiger partial charge in [0.25, 0.3) is 5.56 Å². The molecule has 2 aromatic rings. The van der Waals surface area contributed by atoms with Crippen LogP contribution in [0.15, 0.2) is 41.2 Å². The number of methoxy groups -OCH3 is 1. The Morgan fingerprint density at radius 2 is 2.00 bits per heavy atom. The van der Waals surface area contributed by atoms with Gasteiger partial charge >= 0.3 is 12.0 Å². The zero-order valence-corrected chi connectivity index (χ0v) is 15.4. The second-order valence-corrected chi connectivity index (χ2v) is 7.22. The van der Waals surface area contributed by atoms with Crippen LogP contribution in [0.5, 0.6) is 0 Å². The fourth-order valence-electron chi connectivity index (χ4n) is 4.13. The van der Waals surface area contributed by atoms with Crippen LogP contribution in [0.2, 0.25) is 0 Å². The molecular weight excluding hydrogens is 365 g/mol. The zero-order valence-electron chi connectivity index (χ0n) is 15.4. The van der Waals surface area contributed by atoms with E-state index in [0.717, 1.165) is 18.2 Å². The van der Waals surface area contributed by atoms with Gasteiger partial charge in [0.2, 0.25) is 0 Å². The molecule has 0 radical (unpaired) electrons. The lowest BCUT2D eigenvalue weighted by Gasteiger charge is -2.42. The van der Waals surface area contributed by atoms with Crippen LogP contribution in [-0.4, -0.2) is 41.7 Å². The Hall–Kier alpha value is -3.16. The number of nitrogens with zero attached hydrogens (tertiary/aromatic N) is 2. The third-order valence-corrected chi connectivity index (χ3v) is 5.39. The predicted molar refractivity (Wildman–Crippen MR) is 99.9 cm³/mol. The minimum atomic E-state index is -0.803. The minimum absolute atomic E-state index is 0.00764. The van der Waals surface area contributed by atoms with Gasteiger partial charge < -0.3 is 19.5 Å². The maximum Gasteiger partial charge on any atom is 0.340 e. The van der Waals surface area contributed by atoms with E-state index >= 15 is 0 Å². The largest absolute Gasteiger partial charge is 0.465 e. The number of amides is 2. The summed E-state index contributed by atoms with van der Waals surface area (Å²) in [5.41, 5.74) is 1.03. The molecule has 0 aliphatic carbocycles. The van der Waals surface area contributed by atoms with Crippen LogP contribution in [0, 0.1) is 11.7 Å². The molecule has 3 heterocycles. The van der Waals surface area contributed by atoms with Crippen molar-refractivity contribution in [2.45, 2.75) is 18.9 Å². The van der Waals surface area contributed by atoms with E-state index in [2.05, 4.69) is 10.1 Å². The number of esters is 1. The van der Waals surface area contributed by atoms with Crippen molar-refractivity contribution in [2.75, 3.05) is 25.5 Å². The quantitative estimate of drug-likeness (QED) is 0.805. The van der Waals surface area contributed by atoms with E-state index in [0.29, 0.717) is 25.3 Å². The third kappa shape index (κ3) is 3.26. The molecule has 8 heteroatoms. The van der Waals surface area contributed by atoms with Gasteiger partial charge in [-0.05, 0) is 36.6 Å². The number of pyridine rings is 1. The lowest BCUT2D eigenvalue weighted by Crippen LogP contribution is -2.50. The normalized spacial score (nSPS) is 20.3. The smallest absolute Gasteiger partial charge is 0.340 e. The molecule has 2 atom stereocenters. The molecule has 28 heavy (non-hydrogen) atoms. The monoisotopic (exact) mass is 385 g/mol. The summed E-state index contributed by atoms with van der Waals surface area (Å²) >= 11 is 0. The van der Waals surface area contributed by atoms with Crippen molar-refractivity contribution in [3.05, 3.63) is 63.8 Å². The van der Waals surface area contributed by atoms with Gasteiger partial charge in [0.15, 0.2) is 0 Å². The Morgan fingerprint density at radius 1 is 1.18 bits per heavy atom. The number of hydrogen-bond donors (Lipinski definition) is 1. The molecular formula is C20H20FN3O4. The highest BCUT2D eigenvalue weighted by Gasteiger charge is 2.36. The number of likely N-dealkylation sites (tertiary alicyclic amines) is 1. The van der Waals surface area contributed by atoms with Crippen molar-refractivity contribution in [1.29, 1.82) is 0 Å². The molecule has 2 bridgehead atoms. The Bertz CT molecular complexity index is 1000. The van der Waals surface area contributed by atoms with Gasteiger partial charge in [-0.3, -0.25) is 4.79 Å². The van der Waals surface area contributed by atoms with E-state index in [1.807, 2.05) is 6.07 Å². The predicted octanol–water partition coefficient (Wildman–Crippen LogP) is 2.43. The number of rotatable bonds is 2. The maximum absolute atomic E-state index is 13.8. The zero-order chi connectivity index (χ0) is 19.8. The molecule has 1 fully saturated rings. The molecule has 1 aromatic heterocycles. The van der Waals surface area contributed by atoms with Crippen molar-refractivity contribution >= 4 is 17.7 Å². The number of carbonyl (C=O) groups excluding carboxylic acids is 2. The molecule has 2 aliphatic heterocycles. The Kier molecular flexibility index (Phi) is 4.62. The lowest BCUT2D eigenvalue weighted by atomic mass is 9.83. The van der Waals surface area contributed by atoms with Crippen LogP contribution in [0.4, 0.5) is 14.9 Å². The maximum atomic E-state index is 13.8. The van der Waals surface area contributed by atoms with Crippen molar-refractivity contribution in [3.8, 4) is 0 Å². The summed E-state index contributed by atoms with van der Waals surface area (Å²) in [5, 5.41) is 2.73. The Morgan fingerprint density at radius 3 is 2.79 bits per heavy atom. The van der Waals surface area contributed by atoms with E-state index in [-0.39, 0.29) is 29.0 Å². The molecule has 2 aliphatic rings. The van der Waals surface area contributed by atoms with Crippen LogP contribution in [0.3, 0.4) is 0 Å². The average molecular weight is 385 g/mol. The fourth-order valence-corrected chi connectivity index (χ4v) is 4.13. The molecule has 146 valence electrons. The first-order chi connectivity index (χ1) is 13.5. The number of hydrogen-bond acceptors (Lipinski definition) is 4. The number of carbonyl (C=O) groups is 2. The molecule has 0 unspecified atom stereocenters. The summed E-state index contributed by atoms with van der Waals surface area (Å²) in [5.74, 6) is -1.20. The number of halogens is 1. The lowest BCUT2D eigenvalue weighted by molar-refractivity contribution is 0.0595. The number of benzene rings is 1.